The number of aromatic nitrogens is 1. The van der Waals surface area contributed by atoms with Crippen molar-refractivity contribution in [3.63, 3.8) is 0 Å². The third-order valence-corrected chi connectivity index (χ3v) is 6.31. The van der Waals surface area contributed by atoms with Crippen molar-refractivity contribution in [2.45, 2.75) is 10.6 Å². The van der Waals surface area contributed by atoms with Crippen LogP contribution in [0.25, 0.3) is 0 Å². The normalized spacial score (nSPS) is 22.6. The van der Waals surface area contributed by atoms with Gasteiger partial charge in [0.2, 0.25) is 0 Å². The first-order chi connectivity index (χ1) is 6.41. The molecule has 5 nitrogen and oxygen atoms in total. The highest BCUT2D eigenvalue weighted by Gasteiger charge is 2.33. The summed E-state index contributed by atoms with van der Waals surface area (Å²) < 4.78 is 45.4. The molecule has 0 spiro atoms. The first-order valence-corrected chi connectivity index (χ1v) is 7.25. The smallest absolute Gasteiger partial charge is 0.194 e. The van der Waals surface area contributed by atoms with E-state index in [2.05, 4.69) is 4.98 Å². The number of pyridine rings is 1. The minimum atomic E-state index is -3.70. The summed E-state index contributed by atoms with van der Waals surface area (Å²) in [5, 5.41) is -0.807. The minimum Gasteiger partial charge on any atom is -0.259 e. The molecular weight excluding hydrogens is 226 g/mol. The van der Waals surface area contributed by atoms with Gasteiger partial charge in [0.05, 0.1) is 16.3 Å². The summed E-state index contributed by atoms with van der Waals surface area (Å²) in [7, 11) is -7.25. The molecule has 7 heteroatoms. The maximum atomic E-state index is 11.5. The second kappa shape index (κ2) is 2.77. The summed E-state index contributed by atoms with van der Waals surface area (Å²) in [5.74, 6) is -0.289. The predicted octanol–water partition coefficient (Wildman–Crippen LogP) is -0.259. The minimum absolute atomic E-state index is 0.0369. The zero-order valence-electron chi connectivity index (χ0n) is 7.04. The SMILES string of the molecule is O=S1(=O)Cc2ncccc2S(=O)(=O)C1. The fraction of sp³-hybridized carbons (Fsp3) is 0.286. The van der Waals surface area contributed by atoms with Crippen molar-refractivity contribution < 1.29 is 16.8 Å². The molecule has 0 aliphatic carbocycles. The maximum absolute atomic E-state index is 11.5. The van der Waals surface area contributed by atoms with Crippen LogP contribution in [0.4, 0.5) is 0 Å². The lowest BCUT2D eigenvalue weighted by molar-refractivity contribution is 0.582. The molecule has 1 aliphatic heterocycles. The molecule has 76 valence electrons. The van der Waals surface area contributed by atoms with Crippen LogP contribution >= 0.6 is 0 Å². The van der Waals surface area contributed by atoms with Crippen LogP contribution in [0.3, 0.4) is 0 Å². The molecule has 2 rings (SSSR count). The van der Waals surface area contributed by atoms with Crippen LogP contribution in [-0.4, -0.2) is 26.9 Å². The van der Waals surface area contributed by atoms with E-state index in [-0.39, 0.29) is 16.3 Å². The third-order valence-electron chi connectivity index (χ3n) is 1.87. The van der Waals surface area contributed by atoms with Crippen LogP contribution in [0.15, 0.2) is 23.2 Å². The van der Waals surface area contributed by atoms with Gasteiger partial charge >= 0.3 is 0 Å². The van der Waals surface area contributed by atoms with E-state index < -0.39 is 24.8 Å². The van der Waals surface area contributed by atoms with Crippen molar-refractivity contribution in [2.75, 3.05) is 5.08 Å². The van der Waals surface area contributed by atoms with Crippen molar-refractivity contribution in [3.05, 3.63) is 24.0 Å². The molecule has 14 heavy (non-hydrogen) atoms. The molecule has 0 unspecified atom stereocenters. The molecule has 1 aliphatic rings. The van der Waals surface area contributed by atoms with E-state index in [1.807, 2.05) is 0 Å². The van der Waals surface area contributed by atoms with Crippen LogP contribution < -0.4 is 0 Å². The molecule has 0 atom stereocenters. The van der Waals surface area contributed by atoms with Gasteiger partial charge in [0.25, 0.3) is 0 Å². The van der Waals surface area contributed by atoms with E-state index in [0.29, 0.717) is 0 Å². The lowest BCUT2D eigenvalue weighted by Crippen LogP contribution is -2.26. The first kappa shape index (κ1) is 9.60. The average Bonchev–Trinajstić information content (AvgIpc) is 2.00. The lowest BCUT2D eigenvalue weighted by atomic mass is 10.4. The Morgan fingerprint density at radius 1 is 1.21 bits per heavy atom. The monoisotopic (exact) mass is 233 g/mol. The fourth-order valence-corrected chi connectivity index (χ4v) is 5.60. The van der Waals surface area contributed by atoms with Crippen molar-refractivity contribution in [1.82, 2.24) is 4.98 Å². The number of nitrogens with zero attached hydrogens (tertiary/aromatic N) is 1. The Morgan fingerprint density at radius 2 is 1.93 bits per heavy atom. The zero-order valence-corrected chi connectivity index (χ0v) is 8.68. The van der Waals surface area contributed by atoms with Gasteiger partial charge in [-0.25, -0.2) is 16.8 Å². The van der Waals surface area contributed by atoms with Crippen molar-refractivity contribution in [3.8, 4) is 0 Å². The Kier molecular flexibility index (Phi) is 1.90. The number of hydrogen-bond donors (Lipinski definition) is 0. The highest BCUT2D eigenvalue weighted by Crippen LogP contribution is 2.24. The summed E-state index contributed by atoms with van der Waals surface area (Å²) >= 11 is 0. The van der Waals surface area contributed by atoms with Crippen molar-refractivity contribution in [1.29, 1.82) is 0 Å². The van der Waals surface area contributed by atoms with E-state index in [4.69, 9.17) is 0 Å². The van der Waals surface area contributed by atoms with Gasteiger partial charge in [0.15, 0.2) is 24.8 Å². The molecule has 0 N–H and O–H groups in total. The molecule has 0 fully saturated rings. The zero-order chi connectivity index (χ0) is 10.4. The van der Waals surface area contributed by atoms with E-state index in [0.717, 1.165) is 0 Å². The average molecular weight is 233 g/mol. The van der Waals surface area contributed by atoms with Crippen LogP contribution in [-0.2, 0) is 25.4 Å². The van der Waals surface area contributed by atoms with E-state index in [1.165, 1.54) is 18.3 Å². The van der Waals surface area contributed by atoms with Gasteiger partial charge in [-0.3, -0.25) is 4.98 Å². The summed E-state index contributed by atoms with van der Waals surface area (Å²) in [6.45, 7) is 0. The largest absolute Gasteiger partial charge is 0.259 e. The highest BCUT2D eigenvalue weighted by atomic mass is 32.3. The summed E-state index contributed by atoms with van der Waals surface area (Å²) in [6.07, 6.45) is 1.38. The molecule has 0 aromatic carbocycles. The summed E-state index contributed by atoms with van der Waals surface area (Å²) in [6, 6.07) is 2.86. The van der Waals surface area contributed by atoms with Gasteiger partial charge in [-0.1, -0.05) is 0 Å². The molecule has 2 heterocycles. The summed E-state index contributed by atoms with van der Waals surface area (Å²) in [4.78, 5) is 3.79. The standard InChI is InChI=1S/C7H7NO4S2/c9-13(10)4-6-7(2-1-3-8-6)14(11,12)5-13/h1-3H,4-5H2. The second-order valence-electron chi connectivity index (χ2n) is 3.07. The molecule has 1 aromatic rings. The highest BCUT2D eigenvalue weighted by molar-refractivity contribution is 8.08. The third kappa shape index (κ3) is 1.53. The summed E-state index contributed by atoms with van der Waals surface area (Å²) in [5.41, 5.74) is 0.124. The van der Waals surface area contributed by atoms with Gasteiger partial charge in [0, 0.05) is 6.20 Å². The molecule has 0 amide bonds. The molecule has 0 bridgehead atoms. The number of rotatable bonds is 0. The maximum Gasteiger partial charge on any atom is 0.194 e. The molecular formula is C7H7NO4S2. The van der Waals surface area contributed by atoms with E-state index in [9.17, 15) is 16.8 Å². The fourth-order valence-electron chi connectivity index (χ4n) is 1.36. The molecule has 0 saturated carbocycles. The quantitative estimate of drug-likeness (QED) is 0.616. The Bertz CT molecular complexity index is 573. The Morgan fingerprint density at radius 3 is 2.64 bits per heavy atom. The van der Waals surface area contributed by atoms with Crippen LogP contribution in [0.2, 0.25) is 0 Å². The molecule has 0 radical (unpaired) electrons. The number of fused-ring (bicyclic) bond motifs is 1. The van der Waals surface area contributed by atoms with Crippen molar-refractivity contribution >= 4 is 19.7 Å². The van der Waals surface area contributed by atoms with Gasteiger partial charge < -0.3 is 0 Å². The van der Waals surface area contributed by atoms with E-state index >= 15 is 0 Å². The van der Waals surface area contributed by atoms with Gasteiger partial charge in [0.1, 0.15) is 0 Å². The topological polar surface area (TPSA) is 81.2 Å². The Hall–Kier alpha value is -0.950. The predicted molar refractivity (Wildman–Crippen MR) is 48.9 cm³/mol. The van der Waals surface area contributed by atoms with Gasteiger partial charge in [-0.05, 0) is 12.1 Å². The van der Waals surface area contributed by atoms with Gasteiger partial charge in [-0.2, -0.15) is 0 Å². The van der Waals surface area contributed by atoms with Crippen molar-refractivity contribution in [2.24, 2.45) is 0 Å². The number of hydrogen-bond acceptors (Lipinski definition) is 5. The Balaban J connectivity index is 2.77. The first-order valence-electron chi connectivity index (χ1n) is 3.78. The lowest BCUT2D eigenvalue weighted by Gasteiger charge is -2.14. The van der Waals surface area contributed by atoms with Crippen LogP contribution in [0.5, 0.6) is 0 Å². The van der Waals surface area contributed by atoms with Crippen LogP contribution in [0.1, 0.15) is 5.69 Å². The van der Waals surface area contributed by atoms with Gasteiger partial charge in [-0.15, -0.1) is 0 Å². The molecule has 1 aromatic heterocycles. The van der Waals surface area contributed by atoms with E-state index in [1.54, 1.807) is 0 Å². The van der Waals surface area contributed by atoms with Crippen LogP contribution in [0, 0.1) is 0 Å². The molecule has 0 saturated heterocycles. The number of sulfone groups is 2. The Labute approximate surface area is 81.6 Å². The second-order valence-corrected chi connectivity index (χ2v) is 7.46.